The number of benzene rings is 1. The molecule has 1 aliphatic heterocycles. The normalized spacial score (nSPS) is 26.4. The summed E-state index contributed by atoms with van der Waals surface area (Å²) in [4.78, 5) is 2.67. The molecular weight excluding hydrogens is 220 g/mol. The molecule has 0 spiro atoms. The first-order valence-electron chi connectivity index (χ1n) is 7.29. The Hall–Kier alpha value is -0.860. The zero-order valence-corrected chi connectivity index (χ0v) is 11.5. The molecule has 2 atom stereocenters. The highest BCUT2D eigenvalue weighted by Crippen LogP contribution is 2.30. The number of hydrogen-bond donors (Lipinski definition) is 1. The Kier molecular flexibility index (Phi) is 3.40. The standard InChI is InChI=1S/C16H24N2/c1-12-5-3-4-6-16(12)13(2)17-14-9-10-18(11-14)15-7-8-15/h3-6,13-15,17H,7-11H2,1-2H3. The Balaban J connectivity index is 1.58. The monoisotopic (exact) mass is 244 g/mol. The molecule has 1 N–H and O–H groups in total. The maximum absolute atomic E-state index is 3.81. The van der Waals surface area contributed by atoms with Gasteiger partial charge in [0.15, 0.2) is 0 Å². The van der Waals surface area contributed by atoms with E-state index in [2.05, 4.69) is 48.3 Å². The second kappa shape index (κ2) is 5.02. The number of hydrogen-bond acceptors (Lipinski definition) is 2. The number of nitrogens with one attached hydrogen (secondary N) is 1. The van der Waals surface area contributed by atoms with Gasteiger partial charge in [-0.2, -0.15) is 0 Å². The third kappa shape index (κ3) is 2.60. The Bertz CT molecular complexity index is 411. The van der Waals surface area contributed by atoms with Gasteiger partial charge < -0.3 is 5.32 Å². The van der Waals surface area contributed by atoms with Crippen LogP contribution in [0, 0.1) is 6.92 Å². The van der Waals surface area contributed by atoms with E-state index in [0.717, 1.165) is 6.04 Å². The summed E-state index contributed by atoms with van der Waals surface area (Å²) in [5.41, 5.74) is 2.84. The maximum atomic E-state index is 3.81. The van der Waals surface area contributed by atoms with Gasteiger partial charge >= 0.3 is 0 Å². The topological polar surface area (TPSA) is 15.3 Å². The lowest BCUT2D eigenvalue weighted by Crippen LogP contribution is -2.35. The highest BCUT2D eigenvalue weighted by molar-refractivity contribution is 5.28. The molecule has 1 heterocycles. The third-order valence-corrected chi connectivity index (χ3v) is 4.42. The highest BCUT2D eigenvalue weighted by atomic mass is 15.2. The van der Waals surface area contributed by atoms with Crippen LogP contribution in [0.4, 0.5) is 0 Å². The molecule has 0 radical (unpaired) electrons. The molecule has 3 rings (SSSR count). The van der Waals surface area contributed by atoms with Gasteiger partial charge in [0.05, 0.1) is 0 Å². The smallest absolute Gasteiger partial charge is 0.0297 e. The predicted octanol–water partition coefficient (Wildman–Crippen LogP) is 2.88. The van der Waals surface area contributed by atoms with Crippen molar-refractivity contribution in [3.63, 3.8) is 0 Å². The zero-order valence-electron chi connectivity index (χ0n) is 11.5. The minimum atomic E-state index is 0.468. The molecule has 1 aromatic carbocycles. The van der Waals surface area contributed by atoms with Crippen LogP contribution >= 0.6 is 0 Å². The van der Waals surface area contributed by atoms with E-state index in [9.17, 15) is 0 Å². The summed E-state index contributed by atoms with van der Waals surface area (Å²) in [5.74, 6) is 0. The average Bonchev–Trinajstić information content (AvgIpc) is 3.11. The fraction of sp³-hybridized carbons (Fsp3) is 0.625. The van der Waals surface area contributed by atoms with Gasteiger partial charge in [0.2, 0.25) is 0 Å². The lowest BCUT2D eigenvalue weighted by Gasteiger charge is -2.22. The van der Waals surface area contributed by atoms with E-state index in [1.165, 1.54) is 43.5 Å². The summed E-state index contributed by atoms with van der Waals surface area (Å²) in [6, 6.07) is 10.8. The Morgan fingerprint density at radius 1 is 1.22 bits per heavy atom. The number of nitrogens with zero attached hydrogens (tertiary/aromatic N) is 1. The van der Waals surface area contributed by atoms with Gasteiger partial charge in [-0.15, -0.1) is 0 Å². The van der Waals surface area contributed by atoms with Crippen LogP contribution in [-0.2, 0) is 0 Å². The van der Waals surface area contributed by atoms with Crippen molar-refractivity contribution in [2.45, 2.75) is 51.2 Å². The molecule has 0 aromatic heterocycles. The summed E-state index contributed by atoms with van der Waals surface area (Å²) in [7, 11) is 0. The minimum Gasteiger partial charge on any atom is -0.306 e. The lowest BCUT2D eigenvalue weighted by molar-refractivity contribution is 0.313. The summed E-state index contributed by atoms with van der Waals surface area (Å²) >= 11 is 0. The lowest BCUT2D eigenvalue weighted by atomic mass is 10.0. The number of aryl methyl sites for hydroxylation is 1. The zero-order chi connectivity index (χ0) is 12.5. The molecule has 98 valence electrons. The van der Waals surface area contributed by atoms with Crippen LogP contribution in [0.2, 0.25) is 0 Å². The summed E-state index contributed by atoms with van der Waals surface area (Å²) in [5, 5.41) is 3.81. The summed E-state index contributed by atoms with van der Waals surface area (Å²) < 4.78 is 0. The van der Waals surface area contributed by atoms with Gasteiger partial charge in [-0.1, -0.05) is 24.3 Å². The van der Waals surface area contributed by atoms with Crippen LogP contribution < -0.4 is 5.32 Å². The van der Waals surface area contributed by atoms with Crippen molar-refractivity contribution in [2.24, 2.45) is 0 Å². The van der Waals surface area contributed by atoms with Crippen molar-refractivity contribution >= 4 is 0 Å². The Morgan fingerprint density at radius 3 is 2.72 bits per heavy atom. The molecule has 18 heavy (non-hydrogen) atoms. The van der Waals surface area contributed by atoms with Crippen molar-refractivity contribution < 1.29 is 0 Å². The fourth-order valence-electron chi connectivity index (χ4n) is 3.21. The summed E-state index contributed by atoms with van der Waals surface area (Å²) in [6.45, 7) is 7.05. The molecule has 0 amide bonds. The molecular formula is C16H24N2. The Labute approximate surface area is 110 Å². The second-order valence-electron chi connectivity index (χ2n) is 5.96. The molecule has 1 saturated heterocycles. The van der Waals surface area contributed by atoms with Gasteiger partial charge in [0.1, 0.15) is 0 Å². The molecule has 1 aliphatic carbocycles. The molecule has 1 aromatic rings. The summed E-state index contributed by atoms with van der Waals surface area (Å²) in [6.07, 6.45) is 4.17. The number of rotatable bonds is 4. The van der Waals surface area contributed by atoms with Crippen LogP contribution in [-0.4, -0.2) is 30.1 Å². The third-order valence-electron chi connectivity index (χ3n) is 4.42. The first kappa shape index (κ1) is 12.2. The molecule has 2 nitrogen and oxygen atoms in total. The SMILES string of the molecule is Cc1ccccc1C(C)NC1CCN(C2CC2)C1. The first-order chi connectivity index (χ1) is 8.74. The van der Waals surface area contributed by atoms with Gasteiger partial charge in [0.25, 0.3) is 0 Å². The molecule has 2 unspecified atom stereocenters. The van der Waals surface area contributed by atoms with E-state index in [-0.39, 0.29) is 0 Å². The molecule has 2 aliphatic rings. The largest absolute Gasteiger partial charge is 0.306 e. The molecule has 2 fully saturated rings. The van der Waals surface area contributed by atoms with Crippen LogP contribution in [0.1, 0.15) is 43.4 Å². The van der Waals surface area contributed by atoms with E-state index in [1.54, 1.807) is 0 Å². The number of likely N-dealkylation sites (tertiary alicyclic amines) is 1. The van der Waals surface area contributed by atoms with Crippen molar-refractivity contribution in [1.29, 1.82) is 0 Å². The Morgan fingerprint density at radius 2 is 2.00 bits per heavy atom. The minimum absolute atomic E-state index is 0.468. The van der Waals surface area contributed by atoms with Crippen LogP contribution in [0.25, 0.3) is 0 Å². The van der Waals surface area contributed by atoms with Crippen molar-refractivity contribution in [3.05, 3.63) is 35.4 Å². The average molecular weight is 244 g/mol. The van der Waals surface area contributed by atoms with E-state index >= 15 is 0 Å². The van der Waals surface area contributed by atoms with Crippen molar-refractivity contribution in [2.75, 3.05) is 13.1 Å². The van der Waals surface area contributed by atoms with Crippen LogP contribution in [0.3, 0.4) is 0 Å². The van der Waals surface area contributed by atoms with Crippen molar-refractivity contribution in [3.8, 4) is 0 Å². The molecule has 2 heteroatoms. The maximum Gasteiger partial charge on any atom is 0.0297 e. The van der Waals surface area contributed by atoms with E-state index in [0.29, 0.717) is 12.1 Å². The van der Waals surface area contributed by atoms with Crippen molar-refractivity contribution in [1.82, 2.24) is 10.2 Å². The molecule has 1 saturated carbocycles. The van der Waals surface area contributed by atoms with Crippen LogP contribution in [0.5, 0.6) is 0 Å². The molecule has 0 bridgehead atoms. The van der Waals surface area contributed by atoms with E-state index in [4.69, 9.17) is 0 Å². The van der Waals surface area contributed by atoms with Gasteiger partial charge in [-0.3, -0.25) is 4.90 Å². The van der Waals surface area contributed by atoms with Gasteiger partial charge in [0, 0.05) is 31.2 Å². The van der Waals surface area contributed by atoms with Gasteiger partial charge in [-0.25, -0.2) is 0 Å². The van der Waals surface area contributed by atoms with E-state index < -0.39 is 0 Å². The van der Waals surface area contributed by atoms with Crippen LogP contribution in [0.15, 0.2) is 24.3 Å². The fourth-order valence-corrected chi connectivity index (χ4v) is 3.21. The van der Waals surface area contributed by atoms with Gasteiger partial charge in [-0.05, 0) is 44.2 Å². The second-order valence-corrected chi connectivity index (χ2v) is 5.96. The highest BCUT2D eigenvalue weighted by Gasteiger charge is 2.34. The first-order valence-corrected chi connectivity index (χ1v) is 7.29. The quantitative estimate of drug-likeness (QED) is 0.876. The van der Waals surface area contributed by atoms with E-state index in [1.807, 2.05) is 0 Å². The predicted molar refractivity (Wildman–Crippen MR) is 75.7 cm³/mol.